The van der Waals surface area contributed by atoms with Crippen molar-refractivity contribution in [2.45, 2.75) is 33.7 Å². The molecule has 0 spiro atoms. The lowest BCUT2D eigenvalue weighted by molar-refractivity contribution is -0.138. The molecule has 1 aromatic heterocycles. The minimum atomic E-state index is -0.840. The Bertz CT molecular complexity index is 461. The van der Waals surface area contributed by atoms with Gasteiger partial charge in [0.05, 0.1) is 12.2 Å². The molecule has 20 heavy (non-hydrogen) atoms. The number of carboxylic acids is 1. The first-order chi connectivity index (χ1) is 9.47. The number of thiazole rings is 1. The van der Waals surface area contributed by atoms with Crippen LogP contribution in [0.1, 0.15) is 32.9 Å². The van der Waals surface area contributed by atoms with Gasteiger partial charge in [-0.3, -0.25) is 19.4 Å². The fourth-order valence-corrected chi connectivity index (χ4v) is 2.86. The zero-order chi connectivity index (χ0) is 15.1. The molecule has 1 rings (SSSR count). The van der Waals surface area contributed by atoms with Crippen LogP contribution in [0, 0.1) is 0 Å². The Morgan fingerprint density at radius 2 is 2.10 bits per heavy atom. The molecule has 0 fully saturated rings. The minimum absolute atomic E-state index is 0.00486. The van der Waals surface area contributed by atoms with Gasteiger partial charge in [-0.05, 0) is 19.9 Å². The quantitative estimate of drug-likeness (QED) is 0.792. The van der Waals surface area contributed by atoms with Crippen molar-refractivity contribution in [2.75, 3.05) is 24.5 Å². The highest BCUT2D eigenvalue weighted by Crippen LogP contribution is 2.21. The molecule has 1 aromatic rings. The molecular formula is C13H21N3O3S. The summed E-state index contributed by atoms with van der Waals surface area (Å²) in [6.45, 7) is 7.21. The summed E-state index contributed by atoms with van der Waals surface area (Å²) < 4.78 is 0. The number of amides is 1. The molecule has 7 heteroatoms. The van der Waals surface area contributed by atoms with Crippen molar-refractivity contribution in [2.24, 2.45) is 0 Å². The van der Waals surface area contributed by atoms with E-state index in [0.717, 1.165) is 12.1 Å². The highest BCUT2D eigenvalue weighted by molar-refractivity contribution is 7.14. The molecule has 0 bridgehead atoms. The zero-order valence-electron chi connectivity index (χ0n) is 12.1. The Labute approximate surface area is 123 Å². The smallest absolute Gasteiger partial charge is 0.317 e. The average molecular weight is 299 g/mol. The lowest BCUT2D eigenvalue weighted by Crippen LogP contribution is -2.30. The van der Waals surface area contributed by atoms with Gasteiger partial charge in [0.25, 0.3) is 0 Å². The topological polar surface area (TPSA) is 73.7 Å². The van der Waals surface area contributed by atoms with E-state index in [4.69, 9.17) is 5.11 Å². The Balaban J connectivity index is 2.74. The van der Waals surface area contributed by atoms with Crippen LogP contribution in [-0.4, -0.2) is 46.5 Å². The van der Waals surface area contributed by atoms with Crippen LogP contribution in [0.15, 0.2) is 5.38 Å². The standard InChI is InChI=1S/C13H21N3O3S/c1-4-6-15(8-12(18)19)7-11-9-20-13(14-11)16(5-2)10(3)17/h9H,4-8H2,1-3H3,(H,18,19). The van der Waals surface area contributed by atoms with Crippen LogP contribution in [0.5, 0.6) is 0 Å². The molecule has 0 saturated heterocycles. The van der Waals surface area contributed by atoms with E-state index in [1.807, 2.05) is 24.1 Å². The summed E-state index contributed by atoms with van der Waals surface area (Å²) >= 11 is 1.41. The zero-order valence-corrected chi connectivity index (χ0v) is 12.9. The van der Waals surface area contributed by atoms with Crippen molar-refractivity contribution in [3.8, 4) is 0 Å². The number of carbonyl (C=O) groups is 2. The number of hydrogen-bond acceptors (Lipinski definition) is 5. The second-order valence-electron chi connectivity index (χ2n) is 4.49. The average Bonchev–Trinajstić information content (AvgIpc) is 2.77. The van der Waals surface area contributed by atoms with Crippen LogP contribution in [0.2, 0.25) is 0 Å². The van der Waals surface area contributed by atoms with Crippen molar-refractivity contribution in [3.05, 3.63) is 11.1 Å². The molecule has 0 atom stereocenters. The van der Waals surface area contributed by atoms with Gasteiger partial charge in [-0.25, -0.2) is 4.98 Å². The maximum atomic E-state index is 11.5. The summed E-state index contributed by atoms with van der Waals surface area (Å²) in [6, 6.07) is 0. The second-order valence-corrected chi connectivity index (χ2v) is 5.33. The molecule has 0 saturated carbocycles. The number of carboxylic acid groups (broad SMARTS) is 1. The number of hydrogen-bond donors (Lipinski definition) is 1. The highest BCUT2D eigenvalue weighted by Gasteiger charge is 2.15. The number of aromatic nitrogens is 1. The first-order valence-electron chi connectivity index (χ1n) is 6.64. The fourth-order valence-electron chi connectivity index (χ4n) is 1.94. The lowest BCUT2D eigenvalue weighted by Gasteiger charge is -2.18. The lowest BCUT2D eigenvalue weighted by atomic mass is 10.3. The third-order valence-electron chi connectivity index (χ3n) is 2.75. The van der Waals surface area contributed by atoms with E-state index in [-0.39, 0.29) is 12.5 Å². The Morgan fingerprint density at radius 1 is 1.40 bits per heavy atom. The largest absolute Gasteiger partial charge is 0.480 e. The maximum absolute atomic E-state index is 11.5. The molecule has 6 nitrogen and oxygen atoms in total. The van der Waals surface area contributed by atoms with E-state index < -0.39 is 5.97 Å². The molecular weight excluding hydrogens is 278 g/mol. The van der Waals surface area contributed by atoms with Crippen LogP contribution < -0.4 is 4.90 Å². The summed E-state index contributed by atoms with van der Waals surface area (Å²) in [5.74, 6) is -0.878. The van der Waals surface area contributed by atoms with E-state index in [2.05, 4.69) is 4.98 Å². The molecule has 1 N–H and O–H groups in total. The third kappa shape index (κ3) is 4.90. The van der Waals surface area contributed by atoms with Crippen molar-refractivity contribution >= 4 is 28.3 Å². The van der Waals surface area contributed by atoms with Gasteiger partial charge in [0, 0.05) is 25.4 Å². The van der Waals surface area contributed by atoms with Gasteiger partial charge in [0.2, 0.25) is 5.91 Å². The highest BCUT2D eigenvalue weighted by atomic mass is 32.1. The maximum Gasteiger partial charge on any atom is 0.317 e. The summed E-state index contributed by atoms with van der Waals surface area (Å²) in [5.41, 5.74) is 0.805. The van der Waals surface area contributed by atoms with Gasteiger partial charge in [0.15, 0.2) is 5.13 Å². The number of anilines is 1. The van der Waals surface area contributed by atoms with E-state index in [1.54, 1.807) is 4.90 Å². The minimum Gasteiger partial charge on any atom is -0.480 e. The number of rotatable bonds is 8. The van der Waals surface area contributed by atoms with Crippen molar-refractivity contribution in [1.29, 1.82) is 0 Å². The van der Waals surface area contributed by atoms with Gasteiger partial charge in [-0.1, -0.05) is 6.92 Å². The summed E-state index contributed by atoms with van der Waals surface area (Å²) in [6.07, 6.45) is 0.888. The monoisotopic (exact) mass is 299 g/mol. The van der Waals surface area contributed by atoms with E-state index in [9.17, 15) is 9.59 Å². The predicted octanol–water partition coefficient (Wildman–Crippen LogP) is 1.81. The first-order valence-corrected chi connectivity index (χ1v) is 7.52. The first kappa shape index (κ1) is 16.6. The van der Waals surface area contributed by atoms with E-state index in [0.29, 0.717) is 24.8 Å². The molecule has 0 aromatic carbocycles. The van der Waals surface area contributed by atoms with Crippen LogP contribution in [0.25, 0.3) is 0 Å². The van der Waals surface area contributed by atoms with Crippen LogP contribution in [-0.2, 0) is 16.1 Å². The van der Waals surface area contributed by atoms with Crippen LogP contribution >= 0.6 is 11.3 Å². The van der Waals surface area contributed by atoms with E-state index >= 15 is 0 Å². The van der Waals surface area contributed by atoms with Gasteiger partial charge in [-0.2, -0.15) is 0 Å². The molecule has 0 unspecified atom stereocenters. The van der Waals surface area contributed by atoms with Gasteiger partial charge in [0.1, 0.15) is 0 Å². The Kier molecular flexibility index (Phi) is 6.60. The number of aliphatic carboxylic acids is 1. The predicted molar refractivity (Wildman–Crippen MR) is 79.0 cm³/mol. The Morgan fingerprint density at radius 3 is 2.60 bits per heavy atom. The summed E-state index contributed by atoms with van der Waals surface area (Å²) in [7, 11) is 0. The normalized spacial score (nSPS) is 10.8. The number of nitrogens with zero attached hydrogens (tertiary/aromatic N) is 3. The van der Waals surface area contributed by atoms with Crippen molar-refractivity contribution < 1.29 is 14.7 Å². The van der Waals surface area contributed by atoms with Crippen molar-refractivity contribution in [1.82, 2.24) is 9.88 Å². The molecule has 1 heterocycles. The van der Waals surface area contributed by atoms with Crippen LogP contribution in [0.4, 0.5) is 5.13 Å². The molecule has 1 amide bonds. The fraction of sp³-hybridized carbons (Fsp3) is 0.615. The third-order valence-corrected chi connectivity index (χ3v) is 3.66. The van der Waals surface area contributed by atoms with E-state index in [1.165, 1.54) is 18.3 Å². The van der Waals surface area contributed by atoms with Crippen LogP contribution in [0.3, 0.4) is 0 Å². The SMILES string of the molecule is CCCN(CC(=O)O)Cc1csc(N(CC)C(C)=O)n1. The molecule has 0 aliphatic rings. The van der Waals surface area contributed by atoms with Crippen molar-refractivity contribution in [3.63, 3.8) is 0 Å². The second kappa shape index (κ2) is 7.96. The van der Waals surface area contributed by atoms with Gasteiger partial charge in [-0.15, -0.1) is 11.3 Å². The molecule has 112 valence electrons. The molecule has 0 radical (unpaired) electrons. The molecule has 0 aliphatic carbocycles. The summed E-state index contributed by atoms with van der Waals surface area (Å²) in [5, 5.41) is 11.4. The van der Waals surface area contributed by atoms with Gasteiger partial charge < -0.3 is 5.11 Å². The Hall–Kier alpha value is -1.47. The number of carbonyl (C=O) groups excluding carboxylic acids is 1. The van der Waals surface area contributed by atoms with Gasteiger partial charge >= 0.3 is 5.97 Å². The molecule has 0 aliphatic heterocycles. The summed E-state index contributed by atoms with van der Waals surface area (Å²) in [4.78, 5) is 30.1.